The summed E-state index contributed by atoms with van der Waals surface area (Å²) < 4.78 is 0. The molecule has 138 valence electrons. The highest BCUT2D eigenvalue weighted by atomic mass is 16.3. The van der Waals surface area contributed by atoms with Crippen LogP contribution in [0.25, 0.3) is 11.3 Å². The van der Waals surface area contributed by atoms with Crippen LogP contribution in [0, 0.1) is 0 Å². The van der Waals surface area contributed by atoms with E-state index in [2.05, 4.69) is 41.0 Å². The summed E-state index contributed by atoms with van der Waals surface area (Å²) in [5.74, 6) is 0.644. The van der Waals surface area contributed by atoms with E-state index in [0.717, 1.165) is 35.4 Å². The fraction of sp³-hybridized carbons (Fsp3) is 0.429. The number of hydrogen-bond acceptors (Lipinski definition) is 5. The van der Waals surface area contributed by atoms with Crippen molar-refractivity contribution in [2.45, 2.75) is 57.7 Å². The number of benzene rings is 1. The van der Waals surface area contributed by atoms with E-state index in [0.29, 0.717) is 12.4 Å². The fourth-order valence-corrected chi connectivity index (χ4v) is 3.59. The van der Waals surface area contributed by atoms with Gasteiger partial charge in [-0.3, -0.25) is 0 Å². The van der Waals surface area contributed by atoms with Gasteiger partial charge in [-0.05, 0) is 45.2 Å². The smallest absolute Gasteiger partial charge is 0.223 e. The second-order valence-electron chi connectivity index (χ2n) is 7.88. The van der Waals surface area contributed by atoms with E-state index in [9.17, 15) is 5.11 Å². The predicted molar refractivity (Wildman–Crippen MR) is 106 cm³/mol. The van der Waals surface area contributed by atoms with Gasteiger partial charge in [-0.1, -0.05) is 30.8 Å². The first-order valence-electron chi connectivity index (χ1n) is 9.14. The molecule has 3 rings (SSSR count). The van der Waals surface area contributed by atoms with Crippen molar-refractivity contribution in [3.63, 3.8) is 0 Å². The molecule has 0 bridgehead atoms. The van der Waals surface area contributed by atoms with Crippen molar-refractivity contribution in [2.24, 2.45) is 0 Å². The average Bonchev–Trinajstić information content (AvgIpc) is 2.53. The van der Waals surface area contributed by atoms with Gasteiger partial charge in [-0.15, -0.1) is 0 Å². The third-order valence-corrected chi connectivity index (χ3v) is 4.53. The van der Waals surface area contributed by atoms with E-state index >= 15 is 0 Å². The van der Waals surface area contributed by atoms with Crippen LogP contribution in [0.15, 0.2) is 48.8 Å². The summed E-state index contributed by atoms with van der Waals surface area (Å²) in [6.45, 7) is 10.2. The number of piperidine rings is 1. The van der Waals surface area contributed by atoms with E-state index in [-0.39, 0.29) is 17.7 Å². The minimum absolute atomic E-state index is 0.0181. The van der Waals surface area contributed by atoms with Crippen LogP contribution in [-0.4, -0.2) is 32.8 Å². The molecule has 1 aliphatic rings. The maximum atomic E-state index is 9.50. The van der Waals surface area contributed by atoms with Gasteiger partial charge in [0.05, 0.1) is 11.8 Å². The number of nitrogens with zero attached hydrogens (tertiary/aromatic N) is 2. The molecule has 1 aliphatic heterocycles. The molecule has 3 N–H and O–H groups in total. The van der Waals surface area contributed by atoms with Gasteiger partial charge in [0.25, 0.3) is 0 Å². The molecule has 5 nitrogen and oxygen atoms in total. The minimum Gasteiger partial charge on any atom is -0.393 e. The Morgan fingerprint density at radius 3 is 2.69 bits per heavy atom. The lowest BCUT2D eigenvalue weighted by atomic mass is 9.88. The molecule has 0 radical (unpaired) electrons. The molecule has 2 heterocycles. The molecule has 26 heavy (non-hydrogen) atoms. The summed E-state index contributed by atoms with van der Waals surface area (Å²) in [6.07, 6.45) is 3.96. The molecule has 1 aromatic carbocycles. The van der Waals surface area contributed by atoms with E-state index < -0.39 is 0 Å². The maximum Gasteiger partial charge on any atom is 0.223 e. The van der Waals surface area contributed by atoms with Gasteiger partial charge >= 0.3 is 0 Å². The Morgan fingerprint density at radius 2 is 2.04 bits per heavy atom. The SMILES string of the molecule is C=C1CC(Nc2nccc(-c3ccc(CC(C)O)cc3)n2)CC(C)(C)N1. The number of aliphatic hydroxyl groups is 1. The van der Waals surface area contributed by atoms with Gasteiger partial charge in [0.1, 0.15) is 0 Å². The lowest BCUT2D eigenvalue weighted by Gasteiger charge is -2.38. The molecule has 2 atom stereocenters. The summed E-state index contributed by atoms with van der Waals surface area (Å²) in [5.41, 5.74) is 4.11. The highest BCUT2D eigenvalue weighted by molar-refractivity contribution is 5.60. The number of nitrogens with one attached hydrogen (secondary N) is 2. The number of aromatic nitrogens is 2. The Kier molecular flexibility index (Phi) is 5.28. The highest BCUT2D eigenvalue weighted by Gasteiger charge is 2.29. The molecular weight excluding hydrogens is 324 g/mol. The Bertz CT molecular complexity index is 768. The average molecular weight is 352 g/mol. The quantitative estimate of drug-likeness (QED) is 0.768. The van der Waals surface area contributed by atoms with Crippen molar-refractivity contribution >= 4 is 5.95 Å². The Hall–Kier alpha value is -2.40. The molecule has 0 aliphatic carbocycles. The molecule has 0 amide bonds. The normalized spacial score (nSPS) is 20.3. The number of hydrogen-bond donors (Lipinski definition) is 3. The predicted octanol–water partition coefficient (Wildman–Crippen LogP) is 3.52. The Labute approximate surface area is 155 Å². The number of rotatable bonds is 5. The lowest BCUT2D eigenvalue weighted by Crippen LogP contribution is -2.48. The van der Waals surface area contributed by atoms with Crippen LogP contribution in [0.4, 0.5) is 5.95 Å². The fourth-order valence-electron chi connectivity index (χ4n) is 3.59. The third kappa shape index (κ3) is 4.82. The van der Waals surface area contributed by atoms with Crippen LogP contribution >= 0.6 is 0 Å². The van der Waals surface area contributed by atoms with Crippen molar-refractivity contribution < 1.29 is 5.11 Å². The van der Waals surface area contributed by atoms with E-state index in [4.69, 9.17) is 0 Å². The van der Waals surface area contributed by atoms with Crippen molar-refractivity contribution in [2.75, 3.05) is 5.32 Å². The van der Waals surface area contributed by atoms with Crippen molar-refractivity contribution in [1.82, 2.24) is 15.3 Å². The van der Waals surface area contributed by atoms with Crippen LogP contribution in [0.1, 0.15) is 39.2 Å². The van der Waals surface area contributed by atoms with E-state index in [1.807, 2.05) is 30.3 Å². The standard InChI is InChI=1S/C21H28N4O/c1-14-11-18(13-21(3,4)25-14)23-20-22-10-9-19(24-20)17-7-5-16(6-8-17)12-15(2)26/h5-10,15,18,25-26H,1,11-13H2,2-4H3,(H,22,23,24). The van der Waals surface area contributed by atoms with Crippen LogP contribution in [0.3, 0.4) is 0 Å². The summed E-state index contributed by atoms with van der Waals surface area (Å²) in [7, 11) is 0. The minimum atomic E-state index is -0.334. The first-order valence-corrected chi connectivity index (χ1v) is 9.14. The van der Waals surface area contributed by atoms with Gasteiger partial charge < -0.3 is 15.7 Å². The first kappa shape index (κ1) is 18.4. The van der Waals surface area contributed by atoms with Crippen LogP contribution in [0.5, 0.6) is 0 Å². The zero-order valence-electron chi connectivity index (χ0n) is 15.8. The highest BCUT2D eigenvalue weighted by Crippen LogP contribution is 2.26. The second kappa shape index (κ2) is 7.46. The van der Waals surface area contributed by atoms with Gasteiger partial charge in [-0.2, -0.15) is 0 Å². The Balaban J connectivity index is 1.73. The molecule has 0 saturated carbocycles. The Morgan fingerprint density at radius 1 is 1.31 bits per heavy atom. The van der Waals surface area contributed by atoms with Crippen LogP contribution < -0.4 is 10.6 Å². The molecule has 2 unspecified atom stereocenters. The van der Waals surface area contributed by atoms with Gasteiger partial charge in [0.15, 0.2) is 0 Å². The van der Waals surface area contributed by atoms with Gasteiger partial charge in [0, 0.05) is 35.5 Å². The largest absolute Gasteiger partial charge is 0.393 e. The van der Waals surface area contributed by atoms with E-state index in [1.54, 1.807) is 13.1 Å². The van der Waals surface area contributed by atoms with E-state index in [1.165, 1.54) is 0 Å². The topological polar surface area (TPSA) is 70.1 Å². The summed E-state index contributed by atoms with van der Waals surface area (Å²) >= 11 is 0. The van der Waals surface area contributed by atoms with Crippen molar-refractivity contribution in [3.05, 3.63) is 54.4 Å². The third-order valence-electron chi connectivity index (χ3n) is 4.53. The van der Waals surface area contributed by atoms with Gasteiger partial charge in [0.2, 0.25) is 5.95 Å². The maximum absolute atomic E-state index is 9.50. The number of aliphatic hydroxyl groups excluding tert-OH is 1. The zero-order valence-corrected chi connectivity index (χ0v) is 15.8. The molecular formula is C21H28N4O. The molecule has 2 aromatic rings. The lowest BCUT2D eigenvalue weighted by molar-refractivity contribution is 0.195. The molecule has 1 fully saturated rings. The zero-order chi connectivity index (χ0) is 18.7. The second-order valence-corrected chi connectivity index (χ2v) is 7.88. The molecule has 5 heteroatoms. The van der Waals surface area contributed by atoms with Gasteiger partial charge in [-0.25, -0.2) is 9.97 Å². The summed E-state index contributed by atoms with van der Waals surface area (Å²) in [5, 5.41) is 16.4. The molecule has 1 saturated heterocycles. The van der Waals surface area contributed by atoms with Crippen molar-refractivity contribution in [1.29, 1.82) is 0 Å². The van der Waals surface area contributed by atoms with Crippen LogP contribution in [-0.2, 0) is 6.42 Å². The number of anilines is 1. The monoisotopic (exact) mass is 352 g/mol. The first-order chi connectivity index (χ1) is 12.3. The summed E-state index contributed by atoms with van der Waals surface area (Å²) in [4.78, 5) is 9.06. The van der Waals surface area contributed by atoms with Crippen LogP contribution in [0.2, 0.25) is 0 Å². The molecule has 0 spiro atoms. The molecule has 1 aromatic heterocycles. The summed E-state index contributed by atoms with van der Waals surface area (Å²) in [6, 6.07) is 10.3. The van der Waals surface area contributed by atoms with Crippen molar-refractivity contribution in [3.8, 4) is 11.3 Å².